The maximum absolute atomic E-state index is 12.8. The fourth-order valence-corrected chi connectivity index (χ4v) is 5.25. The van der Waals surface area contributed by atoms with Gasteiger partial charge in [0.15, 0.2) is 0 Å². The lowest BCUT2D eigenvalue weighted by molar-refractivity contribution is -0.148. The Labute approximate surface area is 180 Å². The van der Waals surface area contributed by atoms with Gasteiger partial charge in [-0.2, -0.15) is 0 Å². The van der Waals surface area contributed by atoms with Gasteiger partial charge >= 0.3 is 0 Å². The van der Waals surface area contributed by atoms with Gasteiger partial charge in [0.25, 0.3) is 0 Å². The summed E-state index contributed by atoms with van der Waals surface area (Å²) in [5, 5.41) is 0. The minimum Gasteiger partial charge on any atom is -0.493 e. The molecule has 6 nitrogen and oxygen atoms in total. The first-order chi connectivity index (χ1) is 14.7. The van der Waals surface area contributed by atoms with E-state index >= 15 is 0 Å². The van der Waals surface area contributed by atoms with Crippen LogP contribution >= 0.6 is 0 Å². The fourth-order valence-electron chi connectivity index (χ4n) is 5.25. The standard InChI is InChI=1S/C24H37N3O3/c28-23(20-26-13-3-1-2-4-14-26)27-15-9-24(10-16-27)19-21(8-18-30-24)7-17-29-22-5-11-25-12-6-22/h5-6,11-12,21H,1-4,7-10,13-20H2. The Morgan fingerprint density at radius 3 is 2.57 bits per heavy atom. The predicted molar refractivity (Wildman–Crippen MR) is 116 cm³/mol. The lowest BCUT2D eigenvalue weighted by atomic mass is 9.78. The van der Waals surface area contributed by atoms with Crippen LogP contribution in [0, 0.1) is 5.92 Å². The molecule has 166 valence electrons. The van der Waals surface area contributed by atoms with E-state index in [2.05, 4.69) is 14.8 Å². The van der Waals surface area contributed by atoms with Gasteiger partial charge in [-0.15, -0.1) is 0 Å². The van der Waals surface area contributed by atoms with Gasteiger partial charge in [-0.05, 0) is 76.1 Å². The van der Waals surface area contributed by atoms with Gasteiger partial charge in [-0.3, -0.25) is 14.7 Å². The van der Waals surface area contributed by atoms with E-state index in [4.69, 9.17) is 9.47 Å². The van der Waals surface area contributed by atoms with E-state index in [1.807, 2.05) is 12.1 Å². The van der Waals surface area contributed by atoms with Crippen molar-refractivity contribution in [3.63, 3.8) is 0 Å². The van der Waals surface area contributed by atoms with Crippen molar-refractivity contribution in [1.82, 2.24) is 14.8 Å². The number of likely N-dealkylation sites (tertiary alicyclic amines) is 2. The molecule has 0 radical (unpaired) electrons. The van der Waals surface area contributed by atoms with E-state index in [1.54, 1.807) is 12.4 Å². The van der Waals surface area contributed by atoms with Gasteiger partial charge in [0.2, 0.25) is 5.91 Å². The van der Waals surface area contributed by atoms with E-state index in [-0.39, 0.29) is 5.60 Å². The molecule has 0 saturated carbocycles. The molecule has 4 heterocycles. The molecule has 1 aromatic rings. The Balaban J connectivity index is 1.20. The largest absolute Gasteiger partial charge is 0.493 e. The monoisotopic (exact) mass is 415 g/mol. The molecule has 1 spiro atoms. The van der Waals surface area contributed by atoms with Crippen molar-refractivity contribution in [1.29, 1.82) is 0 Å². The van der Waals surface area contributed by atoms with Crippen molar-refractivity contribution in [2.75, 3.05) is 45.9 Å². The van der Waals surface area contributed by atoms with E-state index in [1.165, 1.54) is 25.7 Å². The van der Waals surface area contributed by atoms with Crippen LogP contribution in [0.1, 0.15) is 57.8 Å². The normalized spacial score (nSPS) is 25.1. The second kappa shape index (κ2) is 10.6. The molecular formula is C24H37N3O3. The molecule has 0 N–H and O–H groups in total. The van der Waals surface area contributed by atoms with E-state index < -0.39 is 0 Å². The smallest absolute Gasteiger partial charge is 0.236 e. The number of rotatable bonds is 6. The summed E-state index contributed by atoms with van der Waals surface area (Å²) in [6, 6.07) is 3.81. The Morgan fingerprint density at radius 1 is 1.10 bits per heavy atom. The van der Waals surface area contributed by atoms with Crippen molar-refractivity contribution in [3.8, 4) is 5.75 Å². The summed E-state index contributed by atoms with van der Waals surface area (Å²) in [5.74, 6) is 1.84. The van der Waals surface area contributed by atoms with Crippen molar-refractivity contribution in [3.05, 3.63) is 24.5 Å². The van der Waals surface area contributed by atoms with Crippen LogP contribution in [0.5, 0.6) is 5.75 Å². The summed E-state index contributed by atoms with van der Waals surface area (Å²) in [6.07, 6.45) is 13.8. The van der Waals surface area contributed by atoms with Gasteiger partial charge in [0.1, 0.15) is 5.75 Å². The molecule has 1 amide bonds. The maximum Gasteiger partial charge on any atom is 0.236 e. The zero-order valence-corrected chi connectivity index (χ0v) is 18.3. The number of nitrogens with zero attached hydrogens (tertiary/aromatic N) is 3. The number of hydrogen-bond donors (Lipinski definition) is 0. The van der Waals surface area contributed by atoms with Gasteiger partial charge in [-0.1, -0.05) is 12.8 Å². The van der Waals surface area contributed by atoms with Crippen LogP contribution in [0.25, 0.3) is 0 Å². The first-order valence-corrected chi connectivity index (χ1v) is 11.9. The number of aromatic nitrogens is 1. The molecule has 30 heavy (non-hydrogen) atoms. The van der Waals surface area contributed by atoms with Gasteiger partial charge in [0.05, 0.1) is 18.8 Å². The molecule has 1 atom stereocenters. The third-order valence-corrected chi connectivity index (χ3v) is 7.12. The van der Waals surface area contributed by atoms with Crippen LogP contribution in [-0.4, -0.2) is 72.2 Å². The van der Waals surface area contributed by atoms with Crippen LogP contribution in [0.3, 0.4) is 0 Å². The third-order valence-electron chi connectivity index (χ3n) is 7.12. The van der Waals surface area contributed by atoms with Crippen LogP contribution in [-0.2, 0) is 9.53 Å². The predicted octanol–water partition coefficient (Wildman–Crippen LogP) is 3.51. The minimum absolute atomic E-state index is 0.0288. The highest BCUT2D eigenvalue weighted by Crippen LogP contribution is 2.38. The van der Waals surface area contributed by atoms with Crippen LogP contribution in [0.15, 0.2) is 24.5 Å². The summed E-state index contributed by atoms with van der Waals surface area (Å²) in [6.45, 7) is 6.02. The molecule has 3 aliphatic rings. The molecule has 1 unspecified atom stereocenters. The summed E-state index contributed by atoms with van der Waals surface area (Å²) in [5.41, 5.74) is -0.0288. The molecule has 3 saturated heterocycles. The minimum atomic E-state index is -0.0288. The van der Waals surface area contributed by atoms with E-state index in [0.717, 1.165) is 77.2 Å². The third kappa shape index (κ3) is 5.94. The molecule has 3 aliphatic heterocycles. The van der Waals surface area contributed by atoms with E-state index in [0.29, 0.717) is 18.4 Å². The van der Waals surface area contributed by atoms with Gasteiger partial charge in [0, 0.05) is 32.1 Å². The Bertz CT molecular complexity index is 653. The SMILES string of the molecule is O=C(CN1CCCCCC1)N1CCC2(CC1)CC(CCOc1ccncc1)CCO2. The highest BCUT2D eigenvalue weighted by Gasteiger charge is 2.41. The number of ether oxygens (including phenoxy) is 2. The van der Waals surface area contributed by atoms with Crippen molar-refractivity contribution in [2.24, 2.45) is 5.92 Å². The highest BCUT2D eigenvalue weighted by atomic mass is 16.5. The van der Waals surface area contributed by atoms with Gasteiger partial charge < -0.3 is 14.4 Å². The summed E-state index contributed by atoms with van der Waals surface area (Å²) < 4.78 is 12.2. The summed E-state index contributed by atoms with van der Waals surface area (Å²) in [4.78, 5) is 21.3. The number of carbonyl (C=O) groups excluding carboxylic acids is 1. The number of pyridine rings is 1. The number of piperidine rings is 1. The molecule has 0 aromatic carbocycles. The van der Waals surface area contributed by atoms with Crippen molar-refractivity contribution >= 4 is 5.91 Å². The quantitative estimate of drug-likeness (QED) is 0.712. The molecule has 0 aliphatic carbocycles. The second-order valence-electron chi connectivity index (χ2n) is 9.28. The summed E-state index contributed by atoms with van der Waals surface area (Å²) >= 11 is 0. The van der Waals surface area contributed by atoms with E-state index in [9.17, 15) is 4.79 Å². The Morgan fingerprint density at radius 2 is 1.83 bits per heavy atom. The maximum atomic E-state index is 12.8. The zero-order valence-electron chi connectivity index (χ0n) is 18.3. The van der Waals surface area contributed by atoms with Gasteiger partial charge in [-0.25, -0.2) is 0 Å². The number of hydrogen-bond acceptors (Lipinski definition) is 5. The highest BCUT2D eigenvalue weighted by molar-refractivity contribution is 5.78. The molecule has 3 fully saturated rings. The Kier molecular flexibility index (Phi) is 7.61. The molecular weight excluding hydrogens is 378 g/mol. The fraction of sp³-hybridized carbons (Fsp3) is 0.750. The van der Waals surface area contributed by atoms with Crippen molar-refractivity contribution in [2.45, 2.75) is 63.4 Å². The second-order valence-corrected chi connectivity index (χ2v) is 9.28. The molecule has 0 bridgehead atoms. The number of amides is 1. The van der Waals surface area contributed by atoms with Crippen LogP contribution in [0.2, 0.25) is 0 Å². The average Bonchev–Trinajstić information content (AvgIpc) is 3.04. The molecule has 6 heteroatoms. The van der Waals surface area contributed by atoms with Crippen LogP contribution < -0.4 is 4.74 Å². The van der Waals surface area contributed by atoms with Crippen molar-refractivity contribution < 1.29 is 14.3 Å². The molecule has 1 aromatic heterocycles. The lowest BCUT2D eigenvalue weighted by Crippen LogP contribution is -2.52. The topological polar surface area (TPSA) is 54.9 Å². The Hall–Kier alpha value is -1.66. The first-order valence-electron chi connectivity index (χ1n) is 11.9. The first kappa shape index (κ1) is 21.6. The zero-order chi connectivity index (χ0) is 20.7. The average molecular weight is 416 g/mol. The number of carbonyl (C=O) groups is 1. The lowest BCUT2D eigenvalue weighted by Gasteiger charge is -2.46. The molecule has 4 rings (SSSR count). The van der Waals surface area contributed by atoms with Crippen LogP contribution in [0.4, 0.5) is 0 Å². The summed E-state index contributed by atoms with van der Waals surface area (Å²) in [7, 11) is 0.